The molecule has 0 aliphatic carbocycles. The van der Waals surface area contributed by atoms with Gasteiger partial charge in [-0.2, -0.15) is 0 Å². The first kappa shape index (κ1) is 14.2. The largest absolute Gasteiger partial charge is 0.356 e. The van der Waals surface area contributed by atoms with Crippen LogP contribution in [0.3, 0.4) is 0 Å². The third-order valence-corrected chi connectivity index (χ3v) is 2.48. The van der Waals surface area contributed by atoms with Gasteiger partial charge in [0.15, 0.2) is 0 Å². The topological polar surface area (TPSA) is 72.2 Å². The Labute approximate surface area is 110 Å². The van der Waals surface area contributed by atoms with Crippen LogP contribution in [0.2, 0.25) is 5.02 Å². The maximum atomic E-state index is 10.7. The van der Waals surface area contributed by atoms with Gasteiger partial charge < -0.3 is 5.32 Å². The van der Waals surface area contributed by atoms with Crippen molar-refractivity contribution in [3.05, 3.63) is 45.0 Å². The van der Waals surface area contributed by atoms with E-state index in [0.717, 1.165) is 0 Å². The summed E-state index contributed by atoms with van der Waals surface area (Å²) in [6.45, 7) is 1.99. The Hall–Kier alpha value is -1.88. The predicted molar refractivity (Wildman–Crippen MR) is 70.4 cm³/mol. The summed E-state index contributed by atoms with van der Waals surface area (Å²) in [5.41, 5.74) is 0.592. The van der Waals surface area contributed by atoms with E-state index in [9.17, 15) is 14.9 Å². The van der Waals surface area contributed by atoms with Gasteiger partial charge in [0.1, 0.15) is 5.02 Å². The Balaban J connectivity index is 2.62. The van der Waals surface area contributed by atoms with Gasteiger partial charge in [-0.25, -0.2) is 0 Å². The molecule has 0 bridgehead atoms. The molecule has 0 aliphatic heterocycles. The van der Waals surface area contributed by atoms with Crippen LogP contribution in [0.5, 0.6) is 0 Å². The highest BCUT2D eigenvalue weighted by molar-refractivity contribution is 6.32. The molecule has 1 aromatic rings. The number of nitrogens with zero attached hydrogens (tertiary/aromatic N) is 1. The molecule has 1 amide bonds. The van der Waals surface area contributed by atoms with Gasteiger partial charge in [-0.3, -0.25) is 14.9 Å². The van der Waals surface area contributed by atoms with Crippen LogP contribution in [0.15, 0.2) is 24.3 Å². The highest BCUT2D eigenvalue weighted by Crippen LogP contribution is 2.25. The van der Waals surface area contributed by atoms with Crippen molar-refractivity contribution in [3.8, 4) is 0 Å². The number of halogens is 1. The summed E-state index contributed by atoms with van der Waals surface area (Å²) in [6, 6.07) is 4.61. The van der Waals surface area contributed by atoms with E-state index in [0.29, 0.717) is 18.5 Å². The predicted octanol–water partition coefficient (Wildman–Crippen LogP) is 2.79. The number of amides is 1. The van der Waals surface area contributed by atoms with E-state index in [4.69, 9.17) is 11.6 Å². The van der Waals surface area contributed by atoms with Crippen LogP contribution in [-0.4, -0.2) is 17.4 Å². The standard InChI is InChI=1S/C12H13ClN2O3/c1-9(16)14-7-3-2-4-10-5-6-11(13)12(8-10)15(17)18/h2,4-6,8H,3,7H2,1H3,(H,14,16). The first-order chi connectivity index (χ1) is 8.50. The first-order valence-corrected chi connectivity index (χ1v) is 5.73. The lowest BCUT2D eigenvalue weighted by Gasteiger charge is -1.98. The van der Waals surface area contributed by atoms with Gasteiger partial charge in [0.2, 0.25) is 5.91 Å². The van der Waals surface area contributed by atoms with E-state index < -0.39 is 4.92 Å². The molecule has 1 N–H and O–H groups in total. The van der Waals surface area contributed by atoms with E-state index in [-0.39, 0.29) is 16.6 Å². The van der Waals surface area contributed by atoms with Crippen LogP contribution in [0.25, 0.3) is 6.08 Å². The third-order valence-electron chi connectivity index (χ3n) is 2.16. The highest BCUT2D eigenvalue weighted by atomic mass is 35.5. The second kappa shape index (κ2) is 6.76. The summed E-state index contributed by atoms with van der Waals surface area (Å²) in [6.07, 6.45) is 4.25. The minimum absolute atomic E-state index is 0.0782. The Morgan fingerprint density at radius 2 is 2.28 bits per heavy atom. The quantitative estimate of drug-likeness (QED) is 0.507. The molecular formula is C12H13ClN2O3. The summed E-state index contributed by atoms with van der Waals surface area (Å²) in [5, 5.41) is 13.4. The smallest absolute Gasteiger partial charge is 0.288 e. The van der Waals surface area contributed by atoms with Gasteiger partial charge >= 0.3 is 0 Å². The third kappa shape index (κ3) is 4.55. The fourth-order valence-electron chi connectivity index (χ4n) is 1.32. The molecule has 1 rings (SSSR count). The van der Waals surface area contributed by atoms with Gasteiger partial charge in [-0.15, -0.1) is 0 Å². The van der Waals surface area contributed by atoms with Gasteiger partial charge in [0.25, 0.3) is 5.69 Å². The summed E-state index contributed by atoms with van der Waals surface area (Å²) < 4.78 is 0. The molecule has 6 heteroatoms. The molecule has 0 saturated carbocycles. The van der Waals surface area contributed by atoms with Crippen LogP contribution in [0.1, 0.15) is 18.9 Å². The lowest BCUT2D eigenvalue weighted by atomic mass is 10.2. The lowest BCUT2D eigenvalue weighted by Crippen LogP contribution is -2.20. The summed E-state index contributed by atoms with van der Waals surface area (Å²) in [7, 11) is 0. The molecule has 96 valence electrons. The SMILES string of the molecule is CC(=O)NCCC=Cc1ccc(Cl)c([N+](=O)[O-])c1. The van der Waals surface area contributed by atoms with Crippen molar-refractivity contribution in [2.75, 3.05) is 6.54 Å². The van der Waals surface area contributed by atoms with Crippen molar-refractivity contribution in [1.82, 2.24) is 5.32 Å². The van der Waals surface area contributed by atoms with Crippen LogP contribution in [0.4, 0.5) is 5.69 Å². The van der Waals surface area contributed by atoms with Crippen molar-refractivity contribution in [2.24, 2.45) is 0 Å². The average molecular weight is 269 g/mol. The number of benzene rings is 1. The molecule has 18 heavy (non-hydrogen) atoms. The summed E-state index contributed by atoms with van der Waals surface area (Å²) in [5.74, 6) is -0.0782. The molecule has 0 unspecified atom stereocenters. The first-order valence-electron chi connectivity index (χ1n) is 5.35. The van der Waals surface area contributed by atoms with Crippen LogP contribution in [-0.2, 0) is 4.79 Å². The molecule has 0 aliphatic rings. The minimum Gasteiger partial charge on any atom is -0.356 e. The molecule has 0 aromatic heterocycles. The Morgan fingerprint density at radius 3 is 2.89 bits per heavy atom. The molecule has 0 saturated heterocycles. The number of hydrogen-bond donors (Lipinski definition) is 1. The van der Waals surface area contributed by atoms with E-state index in [2.05, 4.69) is 5.32 Å². The van der Waals surface area contributed by atoms with Crippen molar-refractivity contribution in [2.45, 2.75) is 13.3 Å². The van der Waals surface area contributed by atoms with E-state index in [1.165, 1.54) is 19.1 Å². The molecule has 5 nitrogen and oxygen atoms in total. The number of carbonyl (C=O) groups is 1. The normalized spacial score (nSPS) is 10.6. The summed E-state index contributed by atoms with van der Waals surface area (Å²) >= 11 is 5.70. The minimum atomic E-state index is -0.517. The Morgan fingerprint density at radius 1 is 1.56 bits per heavy atom. The molecule has 0 radical (unpaired) electrons. The maximum absolute atomic E-state index is 10.7. The van der Waals surface area contributed by atoms with Gasteiger partial charge in [0, 0.05) is 19.5 Å². The number of hydrogen-bond acceptors (Lipinski definition) is 3. The molecule has 0 spiro atoms. The van der Waals surface area contributed by atoms with E-state index in [1.54, 1.807) is 12.1 Å². The van der Waals surface area contributed by atoms with Crippen LogP contribution in [0, 0.1) is 10.1 Å². The lowest BCUT2D eigenvalue weighted by molar-refractivity contribution is -0.384. The van der Waals surface area contributed by atoms with Crippen molar-refractivity contribution >= 4 is 29.3 Å². The van der Waals surface area contributed by atoms with Crippen LogP contribution < -0.4 is 5.32 Å². The fourth-order valence-corrected chi connectivity index (χ4v) is 1.51. The van der Waals surface area contributed by atoms with E-state index >= 15 is 0 Å². The zero-order valence-electron chi connectivity index (χ0n) is 9.85. The van der Waals surface area contributed by atoms with Gasteiger partial charge in [0.05, 0.1) is 4.92 Å². The molecule has 1 aromatic carbocycles. The monoisotopic (exact) mass is 268 g/mol. The number of nitro groups is 1. The molecule has 0 atom stereocenters. The Bertz CT molecular complexity index is 486. The molecule has 0 fully saturated rings. The maximum Gasteiger partial charge on any atom is 0.288 e. The van der Waals surface area contributed by atoms with Crippen molar-refractivity contribution in [3.63, 3.8) is 0 Å². The average Bonchev–Trinajstić information content (AvgIpc) is 2.30. The second-order valence-corrected chi connectivity index (χ2v) is 4.05. The second-order valence-electron chi connectivity index (χ2n) is 3.64. The summed E-state index contributed by atoms with van der Waals surface area (Å²) in [4.78, 5) is 20.8. The van der Waals surface area contributed by atoms with E-state index in [1.807, 2.05) is 6.08 Å². The number of nitro benzene ring substituents is 1. The number of rotatable bonds is 5. The van der Waals surface area contributed by atoms with Crippen molar-refractivity contribution in [1.29, 1.82) is 0 Å². The van der Waals surface area contributed by atoms with Crippen LogP contribution >= 0.6 is 11.6 Å². The number of nitrogens with one attached hydrogen (secondary N) is 1. The van der Waals surface area contributed by atoms with Gasteiger partial charge in [-0.1, -0.05) is 29.8 Å². The zero-order chi connectivity index (χ0) is 13.5. The fraction of sp³-hybridized carbons (Fsp3) is 0.250. The molecular weight excluding hydrogens is 256 g/mol. The Kier molecular flexibility index (Phi) is 5.32. The molecule has 0 heterocycles. The highest BCUT2D eigenvalue weighted by Gasteiger charge is 2.11. The zero-order valence-corrected chi connectivity index (χ0v) is 10.6. The van der Waals surface area contributed by atoms with Gasteiger partial charge in [-0.05, 0) is 18.1 Å². The van der Waals surface area contributed by atoms with Crippen molar-refractivity contribution < 1.29 is 9.72 Å². The number of carbonyl (C=O) groups excluding carboxylic acids is 1.